The second-order valence-corrected chi connectivity index (χ2v) is 22.3. The molecule has 73 heavy (non-hydrogen) atoms. The van der Waals surface area contributed by atoms with E-state index in [4.69, 9.17) is 17.3 Å². The largest absolute Gasteiger partial charge is 0.506 e. The molecule has 0 aliphatic rings. The van der Waals surface area contributed by atoms with Gasteiger partial charge in [-0.3, -0.25) is 14.3 Å². The number of amides is 2. The summed E-state index contributed by atoms with van der Waals surface area (Å²) in [7, 11) is -4.19. The Labute approximate surface area is 444 Å². The molecular weight excluding hydrogens is 954 g/mol. The van der Waals surface area contributed by atoms with E-state index >= 15 is 0 Å². The number of carbonyl (C=O) groups is 2. The van der Waals surface area contributed by atoms with Gasteiger partial charge >= 0.3 is 0 Å². The molecule has 0 saturated heterocycles. The number of aromatic hydroxyl groups is 2. The van der Waals surface area contributed by atoms with Gasteiger partial charge in [-0.2, -0.15) is 10.2 Å². The van der Waals surface area contributed by atoms with Gasteiger partial charge in [0.2, 0.25) is 0 Å². The topological polar surface area (TPSA) is 175 Å². The Kier molecular flexibility index (Phi) is 29.6. The molecule has 0 saturated carbocycles. The van der Waals surface area contributed by atoms with Crippen molar-refractivity contribution in [3.05, 3.63) is 82.9 Å². The maximum absolute atomic E-state index is 14.6. The zero-order valence-corrected chi connectivity index (χ0v) is 46.2. The number of phenols is 2. The Morgan fingerprint density at radius 3 is 1.34 bits per heavy atom. The molecule has 0 bridgehead atoms. The number of hydrogen-bond donors (Lipinski definition) is 4. The second-order valence-electron chi connectivity index (χ2n) is 20.3. The zero-order chi connectivity index (χ0) is 52.5. The van der Waals surface area contributed by atoms with E-state index in [9.17, 15) is 28.2 Å². The maximum atomic E-state index is 14.6. The van der Waals surface area contributed by atoms with Gasteiger partial charge in [-0.05, 0) is 55.3 Å². The highest BCUT2D eigenvalue weighted by Gasteiger charge is 2.25. The number of nitrogens with one attached hydrogen (secondary N) is 1. The number of nitrogens with two attached hydrogens (primary N) is 1. The SMILES string of the molecule is CCCCCCCCCCCCCCCCCCN(CCCCCCCCCCCCCCCCCC)C(=O)c1cc(NS(=O)(=O)c2ccc(N=Nc3cc(Cl)c(O)c(C(N)=O)c3)cc2)c2ccccc2c1O. The zero-order valence-electron chi connectivity index (χ0n) is 44.6. The van der Waals surface area contributed by atoms with Crippen molar-refractivity contribution in [1.82, 2.24) is 4.90 Å². The molecule has 13 heteroatoms. The summed E-state index contributed by atoms with van der Waals surface area (Å²) < 4.78 is 30.6. The monoisotopic (exact) mass is 1040 g/mol. The fourth-order valence-electron chi connectivity index (χ4n) is 9.64. The van der Waals surface area contributed by atoms with Crippen molar-refractivity contribution < 1.29 is 28.2 Å². The average Bonchev–Trinajstić information content (AvgIpc) is 3.38. The van der Waals surface area contributed by atoms with Crippen LogP contribution >= 0.6 is 11.6 Å². The van der Waals surface area contributed by atoms with E-state index in [-0.39, 0.29) is 44.1 Å². The molecule has 0 spiro atoms. The predicted molar refractivity (Wildman–Crippen MR) is 304 cm³/mol. The molecule has 4 aromatic rings. The number of sulfonamides is 1. The van der Waals surface area contributed by atoms with Crippen LogP contribution in [0.2, 0.25) is 5.02 Å². The van der Waals surface area contributed by atoms with Gasteiger partial charge in [-0.25, -0.2) is 8.42 Å². The van der Waals surface area contributed by atoms with Crippen LogP contribution in [-0.2, 0) is 10.0 Å². The van der Waals surface area contributed by atoms with Crippen molar-refractivity contribution in [2.75, 3.05) is 17.8 Å². The standard InChI is InChI=1S/C60H90ClN5O6S/c1-3-5-7-9-11-13-15-17-19-21-23-25-27-29-31-35-43-66(44-36-32-30-28-26-24-22-20-18-16-14-12-10-8-6-4-2)60(70)54-47-56(51-37-33-34-38-52(51)57(54)67)65-73(71,72)50-41-39-48(40-42-50)63-64-49-45-53(59(62)69)58(68)55(61)46-49/h33-34,37-42,45-47,65,67-68H,3-32,35-36,43-44H2,1-2H3,(H2,62,69). The fourth-order valence-corrected chi connectivity index (χ4v) is 10.9. The van der Waals surface area contributed by atoms with Gasteiger partial charge in [-0.15, -0.1) is 0 Å². The number of hydrogen-bond acceptors (Lipinski definition) is 8. The number of fused-ring (bicyclic) bond motifs is 1. The number of phenolic OH excluding ortho intramolecular Hbond substituents is 1. The minimum Gasteiger partial charge on any atom is -0.506 e. The van der Waals surface area contributed by atoms with Gasteiger partial charge in [0.05, 0.1) is 38.1 Å². The summed E-state index contributed by atoms with van der Waals surface area (Å²) >= 11 is 6.04. The summed E-state index contributed by atoms with van der Waals surface area (Å²) in [5, 5.41) is 30.6. The van der Waals surface area contributed by atoms with E-state index in [2.05, 4.69) is 28.8 Å². The lowest BCUT2D eigenvalue weighted by atomic mass is 10.0. The third-order valence-electron chi connectivity index (χ3n) is 14.1. The van der Waals surface area contributed by atoms with Crippen molar-refractivity contribution in [3.63, 3.8) is 0 Å². The molecule has 0 radical (unpaired) electrons. The molecule has 4 rings (SSSR count). The number of primary amides is 1. The van der Waals surface area contributed by atoms with E-state index in [0.29, 0.717) is 29.5 Å². The lowest BCUT2D eigenvalue weighted by Crippen LogP contribution is -2.33. The van der Waals surface area contributed by atoms with Crippen molar-refractivity contribution in [2.24, 2.45) is 16.0 Å². The number of rotatable bonds is 41. The summed E-state index contributed by atoms with van der Waals surface area (Å²) in [5.41, 5.74) is 5.85. The number of halogens is 1. The lowest BCUT2D eigenvalue weighted by Gasteiger charge is -2.24. The number of carbonyl (C=O) groups excluding carboxylic acids is 2. The predicted octanol–water partition coefficient (Wildman–Crippen LogP) is 18.2. The van der Waals surface area contributed by atoms with Crippen LogP contribution in [0.25, 0.3) is 10.8 Å². The summed E-state index contributed by atoms with van der Waals surface area (Å²) in [6, 6.07) is 16.7. The molecule has 0 fully saturated rings. The highest BCUT2D eigenvalue weighted by molar-refractivity contribution is 7.92. The molecule has 0 unspecified atom stereocenters. The molecule has 2 amide bonds. The van der Waals surface area contributed by atoms with Crippen LogP contribution in [0.1, 0.15) is 240 Å². The van der Waals surface area contributed by atoms with Crippen molar-refractivity contribution in [3.8, 4) is 11.5 Å². The van der Waals surface area contributed by atoms with Gasteiger partial charge < -0.3 is 20.8 Å². The quantitative estimate of drug-likeness (QED) is 0.0195. The first-order valence-corrected chi connectivity index (χ1v) is 30.2. The van der Waals surface area contributed by atoms with E-state index in [1.165, 1.54) is 209 Å². The summed E-state index contributed by atoms with van der Waals surface area (Å²) in [4.78, 5) is 28.1. The molecule has 0 heterocycles. The van der Waals surface area contributed by atoms with Crippen LogP contribution in [0.4, 0.5) is 17.1 Å². The highest BCUT2D eigenvalue weighted by Crippen LogP contribution is 2.37. The first-order valence-electron chi connectivity index (χ1n) is 28.4. The van der Waals surface area contributed by atoms with E-state index in [1.54, 1.807) is 24.3 Å². The van der Waals surface area contributed by atoms with E-state index in [0.717, 1.165) is 38.5 Å². The highest BCUT2D eigenvalue weighted by atomic mass is 35.5. The van der Waals surface area contributed by atoms with E-state index < -0.39 is 21.7 Å². The van der Waals surface area contributed by atoms with Crippen LogP contribution in [0.5, 0.6) is 11.5 Å². The molecule has 0 atom stereocenters. The lowest BCUT2D eigenvalue weighted by molar-refractivity contribution is 0.0746. The van der Waals surface area contributed by atoms with Gasteiger partial charge in [0, 0.05) is 23.9 Å². The maximum Gasteiger partial charge on any atom is 0.261 e. The second kappa shape index (κ2) is 35.5. The molecule has 0 aliphatic carbocycles. The van der Waals surface area contributed by atoms with E-state index in [1.807, 2.05) is 4.90 Å². The summed E-state index contributed by atoms with van der Waals surface area (Å²) in [5.74, 6) is -1.82. The molecule has 11 nitrogen and oxygen atoms in total. The van der Waals surface area contributed by atoms with Gasteiger partial charge in [0.25, 0.3) is 21.8 Å². The van der Waals surface area contributed by atoms with Gasteiger partial charge in [-0.1, -0.05) is 242 Å². The van der Waals surface area contributed by atoms with Gasteiger partial charge in [0.1, 0.15) is 11.5 Å². The first-order chi connectivity index (χ1) is 35.5. The summed E-state index contributed by atoms with van der Waals surface area (Å²) in [6.45, 7) is 5.67. The number of benzene rings is 4. The van der Waals surface area contributed by atoms with Crippen LogP contribution in [0, 0.1) is 0 Å². The molecule has 4 aromatic carbocycles. The smallest absolute Gasteiger partial charge is 0.261 e. The Bertz CT molecular complexity index is 2320. The minimum absolute atomic E-state index is 0.0613. The van der Waals surface area contributed by atoms with Crippen molar-refractivity contribution in [2.45, 2.75) is 224 Å². The Morgan fingerprint density at radius 1 is 0.521 bits per heavy atom. The van der Waals surface area contributed by atoms with Crippen LogP contribution in [0.3, 0.4) is 0 Å². The third kappa shape index (κ3) is 22.8. The van der Waals surface area contributed by atoms with Crippen molar-refractivity contribution >= 4 is 61.3 Å². The Hall–Kier alpha value is -4.68. The fraction of sp³-hybridized carbons (Fsp3) is 0.600. The third-order valence-corrected chi connectivity index (χ3v) is 15.8. The van der Waals surface area contributed by atoms with Gasteiger partial charge in [0.15, 0.2) is 0 Å². The number of azo groups is 1. The first kappa shape index (κ1) is 60.9. The minimum atomic E-state index is -4.19. The molecule has 0 aromatic heterocycles. The van der Waals surface area contributed by atoms with Crippen molar-refractivity contribution in [1.29, 1.82) is 0 Å². The van der Waals surface area contributed by atoms with Crippen LogP contribution < -0.4 is 10.5 Å². The Balaban J connectivity index is 1.36. The molecule has 5 N–H and O–H groups in total. The summed E-state index contributed by atoms with van der Waals surface area (Å²) in [6.07, 6.45) is 40.6. The van der Waals surface area contributed by atoms with Crippen LogP contribution in [0.15, 0.2) is 81.9 Å². The number of unbranched alkanes of at least 4 members (excludes halogenated alkanes) is 30. The number of nitrogens with zero attached hydrogens (tertiary/aromatic N) is 3. The molecular formula is C60H90ClN5O6S. The van der Waals surface area contributed by atoms with Crippen LogP contribution in [-0.4, -0.2) is 48.4 Å². The molecule has 0 aliphatic heterocycles. The Morgan fingerprint density at radius 2 is 0.918 bits per heavy atom. The average molecular weight is 1040 g/mol. The number of anilines is 1. The molecule has 404 valence electrons. The normalized spacial score (nSPS) is 11.8.